The smallest absolute Gasteiger partial charge is 0.109 e. The number of hydrogen-bond acceptors (Lipinski definition) is 2. The lowest BCUT2D eigenvalue weighted by molar-refractivity contribution is 0.578. The molecule has 1 unspecified atom stereocenters. The highest BCUT2D eigenvalue weighted by molar-refractivity contribution is 9.10. The molecule has 1 atom stereocenters. The van der Waals surface area contributed by atoms with Crippen LogP contribution in [-0.4, -0.2) is 11.0 Å². The van der Waals surface area contributed by atoms with Gasteiger partial charge in [0.1, 0.15) is 4.60 Å². The summed E-state index contributed by atoms with van der Waals surface area (Å²) in [6.07, 6.45) is 9.87. The molecule has 0 aliphatic heterocycles. The predicted molar refractivity (Wildman–Crippen MR) is 83.1 cm³/mol. The maximum atomic E-state index is 4.31. The number of nitrogens with zero attached hydrogens (tertiary/aromatic N) is 1. The van der Waals surface area contributed by atoms with Gasteiger partial charge in [0.25, 0.3) is 0 Å². The number of unbranched alkanes of at least 4 members (excludes halogenated alkanes) is 4. The molecule has 0 amide bonds. The van der Waals surface area contributed by atoms with Crippen molar-refractivity contribution in [1.29, 1.82) is 0 Å². The fraction of sp³-hybridized carbons (Fsp3) is 0.667. The third-order valence-electron chi connectivity index (χ3n) is 3.17. The van der Waals surface area contributed by atoms with Crippen LogP contribution < -0.4 is 5.32 Å². The number of halogens is 1. The molecule has 0 saturated carbocycles. The lowest BCUT2D eigenvalue weighted by Gasteiger charge is -2.15. The van der Waals surface area contributed by atoms with Crippen molar-refractivity contribution in [3.63, 3.8) is 0 Å². The summed E-state index contributed by atoms with van der Waals surface area (Å²) in [7, 11) is 0. The van der Waals surface area contributed by atoms with Crippen LogP contribution in [0.3, 0.4) is 0 Å². The number of aromatic nitrogens is 1. The number of rotatable bonds is 8. The van der Waals surface area contributed by atoms with Crippen LogP contribution in [0.4, 0.5) is 5.69 Å². The minimum Gasteiger partial charge on any atom is -0.381 e. The molecule has 102 valence electrons. The van der Waals surface area contributed by atoms with Crippen molar-refractivity contribution in [2.75, 3.05) is 5.32 Å². The van der Waals surface area contributed by atoms with Gasteiger partial charge in [0.15, 0.2) is 0 Å². The molecular formula is C15H25BrN2. The average molecular weight is 313 g/mol. The van der Waals surface area contributed by atoms with Gasteiger partial charge in [-0.3, -0.25) is 0 Å². The molecule has 1 N–H and O–H groups in total. The number of aryl methyl sites for hydroxylation is 1. The normalized spacial score (nSPS) is 12.4. The van der Waals surface area contributed by atoms with Crippen LogP contribution in [0.5, 0.6) is 0 Å². The Morgan fingerprint density at radius 3 is 2.67 bits per heavy atom. The zero-order valence-electron chi connectivity index (χ0n) is 11.8. The highest BCUT2D eigenvalue weighted by Gasteiger charge is 2.04. The monoisotopic (exact) mass is 312 g/mol. The van der Waals surface area contributed by atoms with Crippen LogP contribution in [0, 0.1) is 6.92 Å². The van der Waals surface area contributed by atoms with Crippen LogP contribution in [0.2, 0.25) is 0 Å². The van der Waals surface area contributed by atoms with Crippen LogP contribution in [0.1, 0.15) is 57.9 Å². The van der Waals surface area contributed by atoms with Crippen molar-refractivity contribution in [1.82, 2.24) is 4.98 Å². The molecule has 0 aromatic carbocycles. The van der Waals surface area contributed by atoms with Crippen molar-refractivity contribution in [3.05, 3.63) is 22.4 Å². The van der Waals surface area contributed by atoms with E-state index in [1.165, 1.54) is 44.1 Å². The molecule has 0 aliphatic rings. The van der Waals surface area contributed by atoms with Crippen LogP contribution >= 0.6 is 15.9 Å². The van der Waals surface area contributed by atoms with E-state index in [1.807, 2.05) is 6.20 Å². The summed E-state index contributed by atoms with van der Waals surface area (Å²) in [4.78, 5) is 4.31. The third kappa shape index (κ3) is 5.85. The fourth-order valence-corrected chi connectivity index (χ4v) is 2.26. The van der Waals surface area contributed by atoms with E-state index in [2.05, 4.69) is 53.1 Å². The molecule has 1 aromatic heterocycles. The number of anilines is 1. The van der Waals surface area contributed by atoms with Gasteiger partial charge in [-0.05, 0) is 47.8 Å². The van der Waals surface area contributed by atoms with E-state index in [0.29, 0.717) is 6.04 Å². The van der Waals surface area contributed by atoms with Gasteiger partial charge in [0.2, 0.25) is 0 Å². The standard InChI is InChI=1S/C15H25BrN2/c1-4-5-6-7-8-9-13(3)18-14-10-12(2)15(16)17-11-14/h10-11,13,18H,4-9H2,1-3H3. The highest BCUT2D eigenvalue weighted by atomic mass is 79.9. The largest absolute Gasteiger partial charge is 0.381 e. The Labute approximate surface area is 120 Å². The van der Waals surface area contributed by atoms with Crippen LogP contribution in [0.15, 0.2) is 16.9 Å². The number of pyridine rings is 1. The molecule has 1 aromatic rings. The summed E-state index contributed by atoms with van der Waals surface area (Å²) in [5, 5.41) is 3.52. The quantitative estimate of drug-likeness (QED) is 0.519. The maximum absolute atomic E-state index is 4.31. The lowest BCUT2D eigenvalue weighted by Crippen LogP contribution is -2.15. The van der Waals surface area contributed by atoms with Gasteiger partial charge >= 0.3 is 0 Å². The van der Waals surface area contributed by atoms with E-state index in [-0.39, 0.29) is 0 Å². The zero-order valence-corrected chi connectivity index (χ0v) is 13.4. The van der Waals surface area contributed by atoms with Gasteiger partial charge in [-0.2, -0.15) is 0 Å². The van der Waals surface area contributed by atoms with Crippen LogP contribution in [0.25, 0.3) is 0 Å². The first-order valence-corrected chi connectivity index (χ1v) is 7.81. The highest BCUT2D eigenvalue weighted by Crippen LogP contribution is 2.18. The summed E-state index contributed by atoms with van der Waals surface area (Å²) in [5.41, 5.74) is 2.30. The first-order chi connectivity index (χ1) is 8.63. The van der Waals surface area contributed by atoms with E-state index < -0.39 is 0 Å². The Hall–Kier alpha value is -0.570. The first-order valence-electron chi connectivity index (χ1n) is 7.02. The lowest BCUT2D eigenvalue weighted by atomic mass is 10.1. The molecule has 3 heteroatoms. The Balaban J connectivity index is 2.26. The van der Waals surface area contributed by atoms with Crippen LogP contribution in [-0.2, 0) is 0 Å². The molecule has 0 bridgehead atoms. The molecule has 0 fully saturated rings. The van der Waals surface area contributed by atoms with E-state index in [9.17, 15) is 0 Å². The second kappa shape index (κ2) is 8.52. The van der Waals surface area contributed by atoms with Gasteiger partial charge < -0.3 is 5.32 Å². The molecule has 1 rings (SSSR count). The number of hydrogen-bond donors (Lipinski definition) is 1. The van der Waals surface area contributed by atoms with E-state index in [1.54, 1.807) is 0 Å². The predicted octanol–water partition coefficient (Wildman–Crippen LogP) is 5.31. The van der Waals surface area contributed by atoms with Gasteiger partial charge in [-0.25, -0.2) is 4.98 Å². The Morgan fingerprint density at radius 1 is 1.28 bits per heavy atom. The van der Waals surface area contributed by atoms with E-state index in [0.717, 1.165) is 10.3 Å². The molecule has 0 spiro atoms. The van der Waals surface area contributed by atoms with Crippen molar-refractivity contribution >= 4 is 21.6 Å². The topological polar surface area (TPSA) is 24.9 Å². The maximum Gasteiger partial charge on any atom is 0.109 e. The van der Waals surface area contributed by atoms with Crippen molar-refractivity contribution in [2.45, 2.75) is 65.3 Å². The van der Waals surface area contributed by atoms with Crippen molar-refractivity contribution in [3.8, 4) is 0 Å². The summed E-state index contributed by atoms with van der Waals surface area (Å²) in [6.45, 7) is 6.57. The van der Waals surface area contributed by atoms with Gasteiger partial charge in [-0.1, -0.05) is 39.0 Å². The fourth-order valence-electron chi connectivity index (χ4n) is 2.05. The molecule has 0 radical (unpaired) electrons. The summed E-state index contributed by atoms with van der Waals surface area (Å²) in [5.74, 6) is 0. The van der Waals surface area contributed by atoms with Crippen molar-refractivity contribution in [2.24, 2.45) is 0 Å². The second-order valence-electron chi connectivity index (χ2n) is 5.08. The Morgan fingerprint density at radius 2 is 2.00 bits per heavy atom. The first kappa shape index (κ1) is 15.5. The molecule has 1 heterocycles. The molecule has 2 nitrogen and oxygen atoms in total. The minimum atomic E-state index is 0.522. The van der Waals surface area contributed by atoms with Gasteiger partial charge in [-0.15, -0.1) is 0 Å². The Kier molecular flexibility index (Phi) is 7.33. The number of nitrogens with one attached hydrogen (secondary N) is 1. The molecule has 18 heavy (non-hydrogen) atoms. The Bertz CT molecular complexity index is 352. The second-order valence-corrected chi connectivity index (χ2v) is 5.83. The SMILES string of the molecule is CCCCCCCC(C)Nc1cnc(Br)c(C)c1. The summed E-state index contributed by atoms with van der Waals surface area (Å²) in [6, 6.07) is 2.67. The van der Waals surface area contributed by atoms with Gasteiger partial charge in [0.05, 0.1) is 11.9 Å². The molecule has 0 aliphatic carbocycles. The van der Waals surface area contributed by atoms with Gasteiger partial charge in [0, 0.05) is 6.04 Å². The molecule has 0 saturated heterocycles. The van der Waals surface area contributed by atoms with E-state index in [4.69, 9.17) is 0 Å². The summed E-state index contributed by atoms with van der Waals surface area (Å²) < 4.78 is 0.931. The molecular weight excluding hydrogens is 288 g/mol. The minimum absolute atomic E-state index is 0.522. The summed E-state index contributed by atoms with van der Waals surface area (Å²) >= 11 is 3.42. The van der Waals surface area contributed by atoms with E-state index >= 15 is 0 Å². The zero-order chi connectivity index (χ0) is 13.4. The average Bonchev–Trinajstić information content (AvgIpc) is 2.34. The third-order valence-corrected chi connectivity index (χ3v) is 4.00. The van der Waals surface area contributed by atoms with Crippen molar-refractivity contribution < 1.29 is 0 Å².